The second-order valence-electron chi connectivity index (χ2n) is 3.53. The van der Waals surface area contributed by atoms with Crippen molar-refractivity contribution in [3.05, 3.63) is 0 Å². The molecule has 0 aromatic rings. The van der Waals surface area contributed by atoms with Crippen molar-refractivity contribution in [1.29, 1.82) is 0 Å². The summed E-state index contributed by atoms with van der Waals surface area (Å²) in [5.74, 6) is -0.0475. The molecule has 0 aliphatic carbocycles. The first-order chi connectivity index (χ1) is 6.55. The Hall–Kier alpha value is -0.640. The van der Waals surface area contributed by atoms with Crippen molar-refractivity contribution in [3.63, 3.8) is 0 Å². The normalized spacial score (nSPS) is 11.1. The minimum absolute atomic E-state index is 0.0475. The molecule has 0 aliphatic rings. The van der Waals surface area contributed by atoms with Gasteiger partial charge in [-0.3, -0.25) is 4.79 Å². The molecule has 0 heterocycles. The van der Waals surface area contributed by atoms with Crippen LogP contribution in [0.2, 0.25) is 0 Å². The maximum absolute atomic E-state index is 11.8. The van der Waals surface area contributed by atoms with Crippen LogP contribution in [0.4, 0.5) is 0 Å². The van der Waals surface area contributed by atoms with Crippen LogP contribution in [0.5, 0.6) is 0 Å². The van der Waals surface area contributed by atoms with Gasteiger partial charge in [0.25, 0.3) is 0 Å². The van der Waals surface area contributed by atoms with Gasteiger partial charge in [0, 0.05) is 7.05 Å². The van der Waals surface area contributed by atoms with Crippen LogP contribution >= 0.6 is 12.2 Å². The summed E-state index contributed by atoms with van der Waals surface area (Å²) < 4.78 is 0. The zero-order valence-corrected chi connectivity index (χ0v) is 10.0. The molecule has 0 spiro atoms. The fourth-order valence-corrected chi connectivity index (χ4v) is 2.10. The van der Waals surface area contributed by atoms with Crippen LogP contribution in [0.15, 0.2) is 0 Å². The molecule has 0 aromatic heterocycles. The monoisotopic (exact) mass is 216 g/mol. The maximum atomic E-state index is 11.8. The molecule has 0 saturated heterocycles. The summed E-state index contributed by atoms with van der Waals surface area (Å²) in [6, 6.07) is 0. The Morgan fingerprint density at radius 2 is 1.79 bits per heavy atom. The summed E-state index contributed by atoms with van der Waals surface area (Å²) in [6.07, 6.45) is 3.28. The zero-order valence-electron chi connectivity index (χ0n) is 9.22. The number of rotatable bonds is 6. The smallest absolute Gasteiger partial charge is 0.232 e. The highest BCUT2D eigenvalue weighted by Crippen LogP contribution is 2.30. The average Bonchev–Trinajstić information content (AvgIpc) is 2.15. The Labute approximate surface area is 91.4 Å². The lowest BCUT2D eigenvalue weighted by atomic mass is 9.78. The predicted octanol–water partition coefficient (Wildman–Crippen LogP) is 1.61. The number of thiocarbonyl (C=S) groups is 1. The van der Waals surface area contributed by atoms with Crippen LogP contribution in [0.25, 0.3) is 0 Å². The molecule has 3 N–H and O–H groups in total. The van der Waals surface area contributed by atoms with E-state index in [1.165, 1.54) is 0 Å². The zero-order chi connectivity index (χ0) is 11.2. The molecule has 0 aliphatic heterocycles. The quantitative estimate of drug-likeness (QED) is 0.663. The number of amides is 1. The average molecular weight is 216 g/mol. The van der Waals surface area contributed by atoms with Crippen LogP contribution in [0.3, 0.4) is 0 Å². The minimum Gasteiger partial charge on any atom is -0.392 e. The molecule has 0 fully saturated rings. The highest BCUT2D eigenvalue weighted by Gasteiger charge is 2.38. The molecule has 0 unspecified atom stereocenters. The van der Waals surface area contributed by atoms with E-state index in [0.29, 0.717) is 4.99 Å². The van der Waals surface area contributed by atoms with Crippen LogP contribution < -0.4 is 11.1 Å². The summed E-state index contributed by atoms with van der Waals surface area (Å²) in [7, 11) is 1.63. The van der Waals surface area contributed by atoms with Gasteiger partial charge < -0.3 is 11.1 Å². The minimum atomic E-state index is -0.631. The molecular formula is C10H20N2OS. The van der Waals surface area contributed by atoms with Gasteiger partial charge in [-0.2, -0.15) is 0 Å². The van der Waals surface area contributed by atoms with Crippen molar-refractivity contribution in [3.8, 4) is 0 Å². The van der Waals surface area contributed by atoms with Crippen LogP contribution in [0, 0.1) is 5.41 Å². The highest BCUT2D eigenvalue weighted by molar-refractivity contribution is 7.80. The largest absolute Gasteiger partial charge is 0.392 e. The molecule has 0 radical (unpaired) electrons. The molecule has 0 atom stereocenters. The molecule has 82 valence electrons. The number of carbonyl (C=O) groups is 1. The molecule has 4 heteroatoms. The van der Waals surface area contributed by atoms with E-state index in [9.17, 15) is 4.79 Å². The molecule has 1 amide bonds. The van der Waals surface area contributed by atoms with E-state index in [2.05, 4.69) is 5.32 Å². The van der Waals surface area contributed by atoms with E-state index in [1.807, 2.05) is 13.8 Å². The molecule has 0 aromatic carbocycles. The van der Waals surface area contributed by atoms with Gasteiger partial charge in [-0.1, -0.05) is 38.9 Å². The second kappa shape index (κ2) is 5.96. The van der Waals surface area contributed by atoms with E-state index < -0.39 is 5.41 Å². The summed E-state index contributed by atoms with van der Waals surface area (Å²) >= 11 is 5.02. The van der Waals surface area contributed by atoms with E-state index >= 15 is 0 Å². The van der Waals surface area contributed by atoms with Crippen LogP contribution in [-0.4, -0.2) is 17.9 Å². The van der Waals surface area contributed by atoms with Crippen molar-refractivity contribution in [1.82, 2.24) is 5.32 Å². The molecular weight excluding hydrogens is 196 g/mol. The van der Waals surface area contributed by atoms with Crippen molar-refractivity contribution in [2.45, 2.75) is 39.5 Å². The van der Waals surface area contributed by atoms with Gasteiger partial charge >= 0.3 is 0 Å². The summed E-state index contributed by atoms with van der Waals surface area (Å²) in [4.78, 5) is 12.1. The molecule has 0 saturated carbocycles. The number of carbonyl (C=O) groups excluding carboxylic acids is 1. The van der Waals surface area contributed by atoms with E-state index in [4.69, 9.17) is 18.0 Å². The van der Waals surface area contributed by atoms with Gasteiger partial charge in [0.15, 0.2) is 0 Å². The number of hydrogen-bond donors (Lipinski definition) is 2. The van der Waals surface area contributed by atoms with E-state index in [0.717, 1.165) is 25.7 Å². The third-order valence-corrected chi connectivity index (χ3v) is 2.88. The van der Waals surface area contributed by atoms with E-state index in [1.54, 1.807) is 7.05 Å². The fraction of sp³-hybridized carbons (Fsp3) is 0.800. The molecule has 3 nitrogen and oxygen atoms in total. The van der Waals surface area contributed by atoms with Crippen LogP contribution in [0.1, 0.15) is 39.5 Å². The summed E-state index contributed by atoms with van der Waals surface area (Å²) in [5.41, 5.74) is 5.06. The van der Waals surface area contributed by atoms with Gasteiger partial charge in [-0.05, 0) is 12.8 Å². The third kappa shape index (κ3) is 2.67. The third-order valence-electron chi connectivity index (χ3n) is 2.49. The Bertz CT molecular complexity index is 210. The Morgan fingerprint density at radius 1 is 1.36 bits per heavy atom. The second-order valence-corrected chi connectivity index (χ2v) is 3.97. The lowest BCUT2D eigenvalue weighted by Gasteiger charge is -2.30. The fourth-order valence-electron chi connectivity index (χ4n) is 1.80. The first-order valence-electron chi connectivity index (χ1n) is 5.07. The molecule has 0 rings (SSSR count). The van der Waals surface area contributed by atoms with Gasteiger partial charge in [-0.25, -0.2) is 0 Å². The number of hydrogen-bond acceptors (Lipinski definition) is 2. The van der Waals surface area contributed by atoms with Crippen molar-refractivity contribution < 1.29 is 4.79 Å². The Balaban J connectivity index is 4.92. The first kappa shape index (κ1) is 13.4. The lowest BCUT2D eigenvalue weighted by Crippen LogP contribution is -2.47. The first-order valence-corrected chi connectivity index (χ1v) is 5.48. The summed E-state index contributed by atoms with van der Waals surface area (Å²) in [6.45, 7) is 4.07. The standard InChI is InChI=1S/C10H20N2OS/c1-4-6-10(7-5-2,8(11)14)9(13)12-3/h4-7H2,1-3H3,(H2,11,14)(H,12,13). The van der Waals surface area contributed by atoms with Gasteiger partial charge in [-0.15, -0.1) is 0 Å². The molecule has 0 bridgehead atoms. The predicted molar refractivity (Wildman–Crippen MR) is 63.1 cm³/mol. The summed E-state index contributed by atoms with van der Waals surface area (Å²) in [5, 5.41) is 2.65. The Morgan fingerprint density at radius 3 is 2.00 bits per heavy atom. The number of nitrogens with one attached hydrogen (secondary N) is 1. The van der Waals surface area contributed by atoms with E-state index in [-0.39, 0.29) is 5.91 Å². The SMILES string of the molecule is CCCC(CCC)(C(=O)NC)C(N)=S. The highest BCUT2D eigenvalue weighted by atomic mass is 32.1. The van der Waals surface area contributed by atoms with Gasteiger partial charge in [0.05, 0.1) is 10.4 Å². The Kier molecular flexibility index (Phi) is 5.69. The van der Waals surface area contributed by atoms with Crippen LogP contribution in [-0.2, 0) is 4.79 Å². The number of nitrogens with two attached hydrogens (primary N) is 1. The van der Waals surface area contributed by atoms with Crippen molar-refractivity contribution in [2.75, 3.05) is 7.05 Å². The van der Waals surface area contributed by atoms with Crippen molar-refractivity contribution >= 4 is 23.1 Å². The topological polar surface area (TPSA) is 55.1 Å². The lowest BCUT2D eigenvalue weighted by molar-refractivity contribution is -0.127. The van der Waals surface area contributed by atoms with Gasteiger partial charge in [0.1, 0.15) is 0 Å². The van der Waals surface area contributed by atoms with Gasteiger partial charge in [0.2, 0.25) is 5.91 Å². The van der Waals surface area contributed by atoms with Crippen molar-refractivity contribution in [2.24, 2.45) is 11.1 Å². The maximum Gasteiger partial charge on any atom is 0.232 e. The molecule has 14 heavy (non-hydrogen) atoms.